The number of halogens is 1. The van der Waals surface area contributed by atoms with Crippen molar-refractivity contribution in [1.82, 2.24) is 10.2 Å². The Morgan fingerprint density at radius 2 is 1.89 bits per heavy atom. The van der Waals surface area contributed by atoms with E-state index in [0.29, 0.717) is 17.1 Å². The van der Waals surface area contributed by atoms with Gasteiger partial charge in [0, 0.05) is 5.56 Å². The first-order chi connectivity index (χ1) is 13.3. The molecule has 2 aromatic rings. The molecular weight excluding hydrogens is 384 g/mol. The summed E-state index contributed by atoms with van der Waals surface area (Å²) in [6, 6.07) is 10.8. The second-order valence-corrected chi connectivity index (χ2v) is 6.86. The summed E-state index contributed by atoms with van der Waals surface area (Å²) in [6.07, 6.45) is 0. The zero-order chi connectivity index (χ0) is 20.5. The highest BCUT2D eigenvalue weighted by Gasteiger charge is 2.49. The fraction of sp³-hybridized carbons (Fsp3) is 0.250. The van der Waals surface area contributed by atoms with Gasteiger partial charge in [0.05, 0.1) is 25.8 Å². The van der Waals surface area contributed by atoms with Crippen molar-refractivity contribution in [2.75, 3.05) is 20.8 Å². The van der Waals surface area contributed by atoms with Crippen LogP contribution in [0.3, 0.4) is 0 Å². The van der Waals surface area contributed by atoms with Crippen LogP contribution in [0, 0.1) is 0 Å². The first-order valence-electron chi connectivity index (χ1n) is 8.45. The number of amides is 3. The average molecular weight is 403 g/mol. The lowest BCUT2D eigenvalue weighted by Gasteiger charge is -2.22. The van der Waals surface area contributed by atoms with Crippen molar-refractivity contribution in [2.24, 2.45) is 0 Å². The van der Waals surface area contributed by atoms with E-state index in [-0.39, 0.29) is 10.6 Å². The minimum atomic E-state index is -1.29. The molecule has 28 heavy (non-hydrogen) atoms. The molecule has 3 amide bonds. The SMILES string of the molecule is COc1cccc([C@]2(C)NC(=O)N(CC(=O)c3ccc(OC)c(Cl)c3)C2=O)c1. The third-order valence-corrected chi connectivity index (χ3v) is 4.99. The van der Waals surface area contributed by atoms with Crippen LogP contribution in [0.25, 0.3) is 0 Å². The number of ketones is 1. The Morgan fingerprint density at radius 1 is 1.14 bits per heavy atom. The Balaban J connectivity index is 1.83. The predicted octanol–water partition coefficient (Wildman–Crippen LogP) is 3.01. The normalized spacial score (nSPS) is 18.8. The Hall–Kier alpha value is -3.06. The van der Waals surface area contributed by atoms with Crippen molar-refractivity contribution in [3.8, 4) is 11.5 Å². The van der Waals surface area contributed by atoms with E-state index in [4.69, 9.17) is 21.1 Å². The van der Waals surface area contributed by atoms with Gasteiger partial charge in [-0.15, -0.1) is 0 Å². The number of ether oxygens (including phenoxy) is 2. The van der Waals surface area contributed by atoms with Crippen LogP contribution in [0.2, 0.25) is 5.02 Å². The molecule has 7 nitrogen and oxygen atoms in total. The molecule has 0 radical (unpaired) electrons. The molecule has 1 atom stereocenters. The lowest BCUT2D eigenvalue weighted by atomic mass is 9.92. The summed E-state index contributed by atoms with van der Waals surface area (Å²) in [5.41, 5.74) is -0.447. The lowest BCUT2D eigenvalue weighted by Crippen LogP contribution is -2.41. The van der Waals surface area contributed by atoms with Crippen LogP contribution < -0.4 is 14.8 Å². The van der Waals surface area contributed by atoms with Gasteiger partial charge in [-0.1, -0.05) is 23.7 Å². The Bertz CT molecular complexity index is 961. The molecule has 1 aliphatic rings. The molecule has 2 aromatic carbocycles. The second kappa shape index (κ2) is 7.52. The maximum Gasteiger partial charge on any atom is 0.325 e. The number of hydrogen-bond donors (Lipinski definition) is 1. The summed E-state index contributed by atoms with van der Waals surface area (Å²) in [7, 11) is 2.98. The molecule has 0 spiro atoms. The van der Waals surface area contributed by atoms with Crippen molar-refractivity contribution in [3.05, 3.63) is 58.6 Å². The largest absolute Gasteiger partial charge is 0.497 e. The second-order valence-electron chi connectivity index (χ2n) is 6.45. The standard InChI is InChI=1S/C20H19ClN2O5/c1-20(13-5-4-6-14(10-13)27-2)18(25)23(19(26)22-20)11-16(24)12-7-8-17(28-3)15(21)9-12/h4-10H,11H2,1-3H3,(H,22,26)/t20-/m0/s1. The molecule has 1 N–H and O–H groups in total. The van der Waals surface area contributed by atoms with Crippen LogP contribution in [0.1, 0.15) is 22.8 Å². The van der Waals surface area contributed by atoms with Crippen molar-refractivity contribution >= 4 is 29.3 Å². The number of methoxy groups -OCH3 is 2. The molecule has 3 rings (SSSR count). The Morgan fingerprint density at radius 3 is 2.54 bits per heavy atom. The van der Waals surface area contributed by atoms with E-state index >= 15 is 0 Å². The molecule has 0 aromatic heterocycles. The number of imide groups is 1. The topological polar surface area (TPSA) is 84.9 Å². The highest BCUT2D eigenvalue weighted by Crippen LogP contribution is 2.31. The van der Waals surface area contributed by atoms with Crippen molar-refractivity contribution in [2.45, 2.75) is 12.5 Å². The summed E-state index contributed by atoms with van der Waals surface area (Å²) in [5.74, 6) is 0.0589. The van der Waals surface area contributed by atoms with E-state index in [0.717, 1.165) is 4.90 Å². The van der Waals surface area contributed by atoms with Crippen LogP contribution >= 0.6 is 11.6 Å². The minimum absolute atomic E-state index is 0.270. The summed E-state index contributed by atoms with van der Waals surface area (Å²) in [4.78, 5) is 38.9. The summed E-state index contributed by atoms with van der Waals surface area (Å²) in [6.45, 7) is 1.20. The van der Waals surface area contributed by atoms with Gasteiger partial charge in [0.2, 0.25) is 0 Å². The fourth-order valence-electron chi connectivity index (χ4n) is 3.05. The number of urea groups is 1. The molecule has 0 aliphatic carbocycles. The number of benzene rings is 2. The average Bonchev–Trinajstić information content (AvgIpc) is 2.92. The van der Waals surface area contributed by atoms with E-state index in [1.807, 2.05) is 0 Å². The zero-order valence-electron chi connectivity index (χ0n) is 15.6. The molecule has 0 saturated carbocycles. The van der Waals surface area contributed by atoms with E-state index in [1.165, 1.54) is 26.4 Å². The predicted molar refractivity (Wildman–Crippen MR) is 103 cm³/mol. The molecule has 0 bridgehead atoms. The Kier molecular flexibility index (Phi) is 5.29. The summed E-state index contributed by atoms with van der Waals surface area (Å²) < 4.78 is 10.2. The molecule has 146 valence electrons. The number of carbonyl (C=O) groups excluding carboxylic acids is 3. The van der Waals surface area contributed by atoms with E-state index in [2.05, 4.69) is 5.32 Å². The van der Waals surface area contributed by atoms with Crippen LogP contribution in [-0.2, 0) is 10.3 Å². The highest BCUT2D eigenvalue weighted by molar-refractivity contribution is 6.32. The maximum atomic E-state index is 13.0. The first-order valence-corrected chi connectivity index (χ1v) is 8.83. The fourth-order valence-corrected chi connectivity index (χ4v) is 3.30. The number of rotatable bonds is 6. The number of carbonyl (C=O) groups is 3. The highest BCUT2D eigenvalue weighted by atomic mass is 35.5. The quantitative estimate of drug-likeness (QED) is 0.593. The molecule has 0 unspecified atom stereocenters. The molecule has 8 heteroatoms. The van der Waals surface area contributed by atoms with Gasteiger partial charge in [0.25, 0.3) is 5.91 Å². The Labute approximate surface area is 167 Å². The van der Waals surface area contributed by atoms with E-state index < -0.39 is 29.8 Å². The maximum absolute atomic E-state index is 13.0. The van der Waals surface area contributed by atoms with Crippen LogP contribution in [0.5, 0.6) is 11.5 Å². The van der Waals surface area contributed by atoms with Gasteiger partial charge in [-0.25, -0.2) is 4.79 Å². The molecule has 1 heterocycles. The lowest BCUT2D eigenvalue weighted by molar-refractivity contribution is -0.130. The number of nitrogens with zero attached hydrogens (tertiary/aromatic N) is 1. The molecule has 1 saturated heterocycles. The van der Waals surface area contributed by atoms with E-state index in [9.17, 15) is 14.4 Å². The van der Waals surface area contributed by atoms with Crippen LogP contribution in [0.4, 0.5) is 4.79 Å². The van der Waals surface area contributed by atoms with Gasteiger partial charge in [0.1, 0.15) is 17.0 Å². The minimum Gasteiger partial charge on any atom is -0.497 e. The third-order valence-electron chi connectivity index (χ3n) is 4.70. The zero-order valence-corrected chi connectivity index (χ0v) is 16.4. The van der Waals surface area contributed by atoms with Crippen molar-refractivity contribution < 1.29 is 23.9 Å². The first kappa shape index (κ1) is 19.7. The summed E-state index contributed by atoms with van der Waals surface area (Å²) >= 11 is 6.05. The monoisotopic (exact) mass is 402 g/mol. The molecular formula is C20H19ClN2O5. The molecule has 1 aliphatic heterocycles. The van der Waals surface area contributed by atoms with Gasteiger partial charge in [-0.3, -0.25) is 14.5 Å². The summed E-state index contributed by atoms with van der Waals surface area (Å²) in [5, 5.41) is 2.94. The smallest absolute Gasteiger partial charge is 0.325 e. The van der Waals surface area contributed by atoms with Gasteiger partial charge >= 0.3 is 6.03 Å². The van der Waals surface area contributed by atoms with Gasteiger partial charge < -0.3 is 14.8 Å². The third kappa shape index (κ3) is 3.41. The van der Waals surface area contributed by atoms with Crippen LogP contribution in [0.15, 0.2) is 42.5 Å². The van der Waals surface area contributed by atoms with Gasteiger partial charge in [-0.05, 0) is 42.8 Å². The van der Waals surface area contributed by atoms with Crippen molar-refractivity contribution in [1.29, 1.82) is 0 Å². The van der Waals surface area contributed by atoms with E-state index in [1.54, 1.807) is 37.3 Å². The molecule has 1 fully saturated rings. The number of hydrogen-bond acceptors (Lipinski definition) is 5. The van der Waals surface area contributed by atoms with Crippen LogP contribution in [-0.4, -0.2) is 43.4 Å². The van der Waals surface area contributed by atoms with Gasteiger partial charge in [0.15, 0.2) is 5.78 Å². The number of nitrogens with one attached hydrogen (secondary N) is 1. The van der Waals surface area contributed by atoms with Gasteiger partial charge in [-0.2, -0.15) is 0 Å². The number of Topliss-reactive ketones (excluding diaryl/α,β-unsaturated/α-hetero) is 1. The van der Waals surface area contributed by atoms with Crippen molar-refractivity contribution in [3.63, 3.8) is 0 Å².